The van der Waals surface area contributed by atoms with E-state index in [0.29, 0.717) is 16.7 Å². The van der Waals surface area contributed by atoms with Crippen molar-refractivity contribution in [2.45, 2.75) is 22.2 Å². The van der Waals surface area contributed by atoms with Crippen molar-refractivity contribution in [1.82, 2.24) is 14.8 Å². The molecule has 0 saturated carbocycles. The van der Waals surface area contributed by atoms with Crippen molar-refractivity contribution in [2.75, 3.05) is 5.32 Å². The van der Waals surface area contributed by atoms with Crippen LogP contribution in [0.5, 0.6) is 0 Å². The molecule has 0 unspecified atom stereocenters. The molecule has 2 aromatic carbocycles. The molecular weight excluding hydrogens is 398 g/mol. The predicted octanol–water partition coefficient (Wildman–Crippen LogP) is 2.25. The summed E-state index contributed by atoms with van der Waals surface area (Å²) in [5.74, 6) is 0.479. The SMILES string of the molecule is C[C@H](Sc1nnc(-c2ccccc2)n1C)C(=O)Nc1ccc(S(N)(=O)=O)cc1. The van der Waals surface area contributed by atoms with E-state index in [1.165, 1.54) is 36.0 Å². The number of carbonyl (C=O) groups is 1. The number of hydrogen-bond acceptors (Lipinski definition) is 6. The molecule has 3 aromatic rings. The Morgan fingerprint density at radius 2 is 1.75 bits per heavy atom. The third-order valence-corrected chi connectivity index (χ3v) is 6.03. The molecule has 146 valence electrons. The van der Waals surface area contributed by atoms with Crippen LogP contribution >= 0.6 is 11.8 Å². The minimum Gasteiger partial charge on any atom is -0.325 e. The van der Waals surface area contributed by atoms with E-state index in [4.69, 9.17) is 5.14 Å². The molecule has 0 spiro atoms. The number of benzene rings is 2. The average Bonchev–Trinajstić information content (AvgIpc) is 3.02. The van der Waals surface area contributed by atoms with E-state index in [9.17, 15) is 13.2 Å². The van der Waals surface area contributed by atoms with Crippen molar-refractivity contribution >= 4 is 33.4 Å². The van der Waals surface area contributed by atoms with Gasteiger partial charge in [-0.1, -0.05) is 42.1 Å². The van der Waals surface area contributed by atoms with Crippen molar-refractivity contribution < 1.29 is 13.2 Å². The maximum Gasteiger partial charge on any atom is 0.238 e. The van der Waals surface area contributed by atoms with Crippen molar-refractivity contribution in [3.63, 3.8) is 0 Å². The van der Waals surface area contributed by atoms with Gasteiger partial charge in [0.25, 0.3) is 0 Å². The molecular formula is C18H19N5O3S2. The van der Waals surface area contributed by atoms with E-state index in [1.54, 1.807) is 6.92 Å². The van der Waals surface area contributed by atoms with Crippen LogP contribution in [-0.4, -0.2) is 34.3 Å². The number of nitrogens with zero attached hydrogens (tertiary/aromatic N) is 3. The first kappa shape index (κ1) is 20.1. The van der Waals surface area contributed by atoms with E-state index in [-0.39, 0.29) is 10.8 Å². The van der Waals surface area contributed by atoms with Crippen LogP contribution in [0.4, 0.5) is 5.69 Å². The average molecular weight is 418 g/mol. The lowest BCUT2D eigenvalue weighted by atomic mass is 10.2. The van der Waals surface area contributed by atoms with Crippen LogP contribution in [0.25, 0.3) is 11.4 Å². The molecule has 0 aliphatic carbocycles. The number of aromatic nitrogens is 3. The first-order valence-corrected chi connectivity index (χ1v) is 10.7. The minimum atomic E-state index is -3.77. The maximum absolute atomic E-state index is 12.5. The lowest BCUT2D eigenvalue weighted by Crippen LogP contribution is -2.23. The van der Waals surface area contributed by atoms with Gasteiger partial charge < -0.3 is 9.88 Å². The number of anilines is 1. The zero-order chi connectivity index (χ0) is 20.3. The number of thioether (sulfide) groups is 1. The molecule has 1 heterocycles. The Labute approximate surface area is 167 Å². The summed E-state index contributed by atoms with van der Waals surface area (Å²) in [6.07, 6.45) is 0. The highest BCUT2D eigenvalue weighted by Gasteiger charge is 2.19. The smallest absolute Gasteiger partial charge is 0.238 e. The Morgan fingerprint density at radius 3 is 2.36 bits per heavy atom. The normalized spacial score (nSPS) is 12.5. The zero-order valence-corrected chi connectivity index (χ0v) is 16.9. The number of sulfonamides is 1. The summed E-state index contributed by atoms with van der Waals surface area (Å²) in [4.78, 5) is 12.4. The van der Waals surface area contributed by atoms with Crippen LogP contribution in [0.1, 0.15) is 6.92 Å². The fourth-order valence-corrected chi connectivity index (χ4v) is 3.77. The van der Waals surface area contributed by atoms with Gasteiger partial charge in [0.2, 0.25) is 15.9 Å². The van der Waals surface area contributed by atoms with Crippen molar-refractivity contribution in [1.29, 1.82) is 0 Å². The van der Waals surface area contributed by atoms with E-state index < -0.39 is 15.3 Å². The van der Waals surface area contributed by atoms with Gasteiger partial charge in [0.15, 0.2) is 11.0 Å². The molecule has 1 atom stereocenters. The molecule has 3 N–H and O–H groups in total. The topological polar surface area (TPSA) is 120 Å². The fraction of sp³-hybridized carbons (Fsp3) is 0.167. The number of hydrogen-bond donors (Lipinski definition) is 2. The van der Waals surface area contributed by atoms with Crippen molar-refractivity contribution in [3.8, 4) is 11.4 Å². The van der Waals surface area contributed by atoms with Gasteiger partial charge in [-0.15, -0.1) is 10.2 Å². The highest BCUT2D eigenvalue weighted by Crippen LogP contribution is 2.26. The molecule has 28 heavy (non-hydrogen) atoms. The Kier molecular flexibility index (Phi) is 5.82. The van der Waals surface area contributed by atoms with Crippen LogP contribution < -0.4 is 10.5 Å². The Balaban J connectivity index is 1.67. The Bertz CT molecular complexity index is 1080. The first-order valence-electron chi connectivity index (χ1n) is 8.31. The fourth-order valence-electron chi connectivity index (χ4n) is 2.44. The molecule has 8 nitrogen and oxygen atoms in total. The lowest BCUT2D eigenvalue weighted by Gasteiger charge is -2.12. The maximum atomic E-state index is 12.5. The summed E-state index contributed by atoms with van der Waals surface area (Å²) in [5, 5.41) is 16.4. The van der Waals surface area contributed by atoms with Crippen molar-refractivity contribution in [3.05, 3.63) is 54.6 Å². The highest BCUT2D eigenvalue weighted by atomic mass is 32.2. The summed E-state index contributed by atoms with van der Waals surface area (Å²) in [5.41, 5.74) is 1.42. The van der Waals surface area contributed by atoms with Crippen LogP contribution in [0, 0.1) is 0 Å². The highest BCUT2D eigenvalue weighted by molar-refractivity contribution is 8.00. The summed E-state index contributed by atoms with van der Waals surface area (Å²) in [6, 6.07) is 15.3. The summed E-state index contributed by atoms with van der Waals surface area (Å²) in [7, 11) is -1.92. The number of carbonyl (C=O) groups excluding carboxylic acids is 1. The molecule has 3 rings (SSSR count). The van der Waals surface area contributed by atoms with E-state index in [0.717, 1.165) is 5.56 Å². The second-order valence-electron chi connectivity index (χ2n) is 6.05. The molecule has 0 fully saturated rings. The Hall–Kier alpha value is -2.69. The van der Waals surface area contributed by atoms with Gasteiger partial charge in [-0.25, -0.2) is 13.6 Å². The van der Waals surface area contributed by atoms with Gasteiger partial charge in [0, 0.05) is 18.3 Å². The number of nitrogens with two attached hydrogens (primary N) is 1. The zero-order valence-electron chi connectivity index (χ0n) is 15.2. The second kappa shape index (κ2) is 8.13. The van der Waals surface area contributed by atoms with Gasteiger partial charge in [0.1, 0.15) is 0 Å². The quantitative estimate of drug-likeness (QED) is 0.594. The van der Waals surface area contributed by atoms with Crippen LogP contribution in [-0.2, 0) is 21.9 Å². The lowest BCUT2D eigenvalue weighted by molar-refractivity contribution is -0.115. The summed E-state index contributed by atoms with van der Waals surface area (Å²) < 4.78 is 24.4. The van der Waals surface area contributed by atoms with Crippen molar-refractivity contribution in [2.24, 2.45) is 12.2 Å². The van der Waals surface area contributed by atoms with E-state index in [1.807, 2.05) is 41.9 Å². The molecule has 1 amide bonds. The predicted molar refractivity (Wildman–Crippen MR) is 108 cm³/mol. The molecule has 0 radical (unpaired) electrons. The summed E-state index contributed by atoms with van der Waals surface area (Å²) in [6.45, 7) is 1.76. The second-order valence-corrected chi connectivity index (χ2v) is 8.92. The minimum absolute atomic E-state index is 0.0135. The largest absolute Gasteiger partial charge is 0.325 e. The van der Waals surface area contributed by atoms with E-state index in [2.05, 4.69) is 15.5 Å². The number of primary sulfonamides is 1. The molecule has 0 aliphatic rings. The van der Waals surface area contributed by atoms with Gasteiger partial charge in [-0.2, -0.15) is 0 Å². The number of amides is 1. The number of nitrogens with one attached hydrogen (secondary N) is 1. The molecule has 10 heteroatoms. The number of rotatable bonds is 6. The van der Waals surface area contributed by atoms with E-state index >= 15 is 0 Å². The standard InChI is InChI=1S/C18H19N5O3S2/c1-12(17(24)20-14-8-10-15(11-9-14)28(19,25)26)27-18-22-21-16(23(18)2)13-6-4-3-5-7-13/h3-12H,1-2H3,(H,20,24)(H2,19,25,26)/t12-/m0/s1. The van der Waals surface area contributed by atoms with Gasteiger partial charge in [-0.3, -0.25) is 4.79 Å². The Morgan fingerprint density at radius 1 is 1.11 bits per heavy atom. The van der Waals surface area contributed by atoms with Crippen LogP contribution in [0.2, 0.25) is 0 Å². The molecule has 0 saturated heterocycles. The van der Waals surface area contributed by atoms with Gasteiger partial charge in [-0.05, 0) is 31.2 Å². The van der Waals surface area contributed by atoms with Crippen LogP contribution in [0.15, 0.2) is 64.6 Å². The van der Waals surface area contributed by atoms with Gasteiger partial charge >= 0.3 is 0 Å². The summed E-state index contributed by atoms with van der Waals surface area (Å²) >= 11 is 1.28. The monoisotopic (exact) mass is 417 g/mol. The first-order chi connectivity index (χ1) is 13.3. The third kappa shape index (κ3) is 4.58. The van der Waals surface area contributed by atoms with Gasteiger partial charge in [0.05, 0.1) is 10.1 Å². The third-order valence-electron chi connectivity index (χ3n) is 3.97. The molecule has 1 aromatic heterocycles. The molecule has 0 bridgehead atoms. The molecule has 0 aliphatic heterocycles. The van der Waals surface area contributed by atoms with Crippen LogP contribution in [0.3, 0.4) is 0 Å².